The van der Waals surface area contributed by atoms with Gasteiger partial charge >= 0.3 is 0 Å². The molecule has 3 aliphatic rings. The fraction of sp³-hybridized carbons (Fsp3) is 0.333. The van der Waals surface area contributed by atoms with Crippen molar-refractivity contribution in [3.63, 3.8) is 0 Å². The SMILES string of the molecule is O=C(c1ccc(Cl)c(O)c1)N1CC[C@@]23OC[C@@H](c4ccccc4)N2C(=O)C[C@@H]13. The number of benzene rings is 2. The Bertz CT molecular complexity index is 966. The van der Waals surface area contributed by atoms with E-state index in [1.807, 2.05) is 35.2 Å². The molecule has 0 aliphatic carbocycles. The van der Waals surface area contributed by atoms with Gasteiger partial charge in [0.15, 0.2) is 5.72 Å². The molecule has 2 aromatic carbocycles. The van der Waals surface area contributed by atoms with Crippen molar-refractivity contribution in [3.8, 4) is 5.75 Å². The Hall–Kier alpha value is -2.57. The van der Waals surface area contributed by atoms with Crippen LogP contribution in [0.15, 0.2) is 48.5 Å². The molecule has 0 aromatic heterocycles. The molecule has 144 valence electrons. The number of phenolic OH excluding ortho intramolecular Hbond substituents is 1. The van der Waals surface area contributed by atoms with Crippen molar-refractivity contribution in [1.82, 2.24) is 9.80 Å². The number of hydrogen-bond acceptors (Lipinski definition) is 4. The van der Waals surface area contributed by atoms with Gasteiger partial charge in [0.2, 0.25) is 5.91 Å². The molecule has 28 heavy (non-hydrogen) atoms. The number of likely N-dealkylation sites (tertiary alicyclic amines) is 1. The molecular formula is C21H19ClN2O4. The summed E-state index contributed by atoms with van der Waals surface area (Å²) in [5.74, 6) is -0.352. The number of aromatic hydroxyl groups is 1. The van der Waals surface area contributed by atoms with E-state index in [1.165, 1.54) is 12.1 Å². The predicted octanol–water partition coefficient (Wildman–Crippen LogP) is 2.96. The first-order valence-corrected chi connectivity index (χ1v) is 9.69. The molecule has 5 rings (SSSR count). The molecule has 3 atom stereocenters. The van der Waals surface area contributed by atoms with Gasteiger partial charge in [0.1, 0.15) is 5.75 Å². The van der Waals surface area contributed by atoms with Gasteiger partial charge in [0.25, 0.3) is 5.91 Å². The van der Waals surface area contributed by atoms with Gasteiger partial charge in [-0.05, 0) is 23.8 Å². The maximum atomic E-state index is 13.1. The smallest absolute Gasteiger partial charge is 0.254 e. The molecule has 3 fully saturated rings. The lowest BCUT2D eigenvalue weighted by Crippen LogP contribution is -2.49. The number of amides is 2. The summed E-state index contributed by atoms with van der Waals surface area (Å²) in [6.45, 7) is 0.925. The van der Waals surface area contributed by atoms with Crippen LogP contribution in [0.25, 0.3) is 0 Å². The Labute approximate surface area is 167 Å². The topological polar surface area (TPSA) is 70.1 Å². The zero-order valence-corrected chi connectivity index (χ0v) is 15.8. The third-order valence-corrected chi connectivity index (χ3v) is 6.41. The van der Waals surface area contributed by atoms with Gasteiger partial charge in [-0.2, -0.15) is 0 Å². The minimum atomic E-state index is -0.762. The van der Waals surface area contributed by atoms with Crippen LogP contribution < -0.4 is 0 Å². The van der Waals surface area contributed by atoms with Crippen LogP contribution in [0.2, 0.25) is 5.02 Å². The fourth-order valence-electron chi connectivity index (χ4n) is 4.82. The average Bonchev–Trinajstić information content (AvgIpc) is 3.33. The second-order valence-corrected chi connectivity index (χ2v) is 7.89. The highest BCUT2D eigenvalue weighted by molar-refractivity contribution is 6.32. The van der Waals surface area contributed by atoms with Crippen LogP contribution >= 0.6 is 11.6 Å². The number of rotatable bonds is 2. The standard InChI is InChI=1S/C21H19ClN2O4/c22-15-7-6-14(10-17(15)25)20(27)23-9-8-21-18(23)11-19(26)24(21)16(12-28-21)13-4-2-1-3-5-13/h1-7,10,16,18,25H,8-9,11-12H2/t16-,18+,21-/m0/s1. The van der Waals surface area contributed by atoms with Gasteiger partial charge in [0.05, 0.1) is 30.1 Å². The summed E-state index contributed by atoms with van der Waals surface area (Å²) >= 11 is 5.85. The summed E-state index contributed by atoms with van der Waals surface area (Å²) < 4.78 is 6.23. The molecule has 3 heterocycles. The van der Waals surface area contributed by atoms with E-state index in [1.54, 1.807) is 11.0 Å². The lowest BCUT2D eigenvalue weighted by molar-refractivity contribution is -0.138. The third kappa shape index (κ3) is 2.38. The molecule has 2 aromatic rings. The van der Waals surface area contributed by atoms with Gasteiger partial charge in [-0.25, -0.2) is 0 Å². The van der Waals surface area contributed by atoms with Crippen molar-refractivity contribution in [2.75, 3.05) is 13.2 Å². The Kier molecular flexibility index (Phi) is 3.89. The molecule has 0 saturated carbocycles. The first-order chi connectivity index (χ1) is 13.5. The van der Waals surface area contributed by atoms with Crippen molar-refractivity contribution in [2.24, 2.45) is 0 Å². The number of phenols is 1. The van der Waals surface area contributed by atoms with Crippen LogP contribution in [-0.4, -0.2) is 51.6 Å². The third-order valence-electron chi connectivity index (χ3n) is 6.09. The highest BCUT2D eigenvalue weighted by Gasteiger charge is 2.65. The average molecular weight is 399 g/mol. The second kappa shape index (κ2) is 6.22. The zero-order chi connectivity index (χ0) is 19.5. The maximum Gasteiger partial charge on any atom is 0.254 e. The van der Waals surface area contributed by atoms with Crippen LogP contribution in [-0.2, 0) is 9.53 Å². The minimum absolute atomic E-state index is 0.00723. The Morgan fingerprint density at radius 1 is 1.21 bits per heavy atom. The number of ether oxygens (including phenoxy) is 1. The first-order valence-electron chi connectivity index (χ1n) is 9.32. The van der Waals surface area contributed by atoms with Crippen molar-refractivity contribution in [1.29, 1.82) is 0 Å². The van der Waals surface area contributed by atoms with Crippen LogP contribution in [0, 0.1) is 0 Å². The summed E-state index contributed by atoms with van der Waals surface area (Å²) in [5, 5.41) is 10.0. The maximum absolute atomic E-state index is 13.1. The Morgan fingerprint density at radius 3 is 2.75 bits per heavy atom. The quantitative estimate of drug-likeness (QED) is 0.844. The zero-order valence-electron chi connectivity index (χ0n) is 15.0. The largest absolute Gasteiger partial charge is 0.506 e. The molecule has 6 nitrogen and oxygen atoms in total. The summed E-state index contributed by atoms with van der Waals surface area (Å²) in [6, 6.07) is 13.8. The monoisotopic (exact) mass is 398 g/mol. The fourth-order valence-corrected chi connectivity index (χ4v) is 4.94. The first kappa shape index (κ1) is 17.5. The Morgan fingerprint density at radius 2 is 2.00 bits per heavy atom. The molecule has 1 spiro atoms. The molecule has 2 amide bonds. The highest BCUT2D eigenvalue weighted by Crippen LogP contribution is 2.51. The minimum Gasteiger partial charge on any atom is -0.506 e. The normalized spacial score (nSPS) is 28.5. The summed E-state index contributed by atoms with van der Waals surface area (Å²) in [5.41, 5.74) is 0.630. The van der Waals surface area contributed by atoms with E-state index in [-0.39, 0.29) is 41.1 Å². The van der Waals surface area contributed by atoms with Crippen LogP contribution in [0.1, 0.15) is 34.8 Å². The van der Waals surface area contributed by atoms with Crippen LogP contribution in [0.5, 0.6) is 5.75 Å². The van der Waals surface area contributed by atoms with E-state index >= 15 is 0 Å². The van der Waals surface area contributed by atoms with E-state index < -0.39 is 5.72 Å². The van der Waals surface area contributed by atoms with Gasteiger partial charge in [-0.1, -0.05) is 41.9 Å². The van der Waals surface area contributed by atoms with Gasteiger partial charge < -0.3 is 19.6 Å². The molecule has 7 heteroatoms. The molecule has 3 saturated heterocycles. The number of carbonyl (C=O) groups excluding carboxylic acids is 2. The molecule has 0 radical (unpaired) electrons. The summed E-state index contributed by atoms with van der Waals surface area (Å²) in [4.78, 5) is 29.5. The van der Waals surface area contributed by atoms with E-state index in [9.17, 15) is 14.7 Å². The van der Waals surface area contributed by atoms with E-state index in [4.69, 9.17) is 16.3 Å². The van der Waals surface area contributed by atoms with Crippen LogP contribution in [0.3, 0.4) is 0 Å². The van der Waals surface area contributed by atoms with Crippen LogP contribution in [0.4, 0.5) is 0 Å². The lowest BCUT2D eigenvalue weighted by Gasteiger charge is -2.33. The Balaban J connectivity index is 1.46. The molecule has 0 bridgehead atoms. The summed E-state index contributed by atoms with van der Waals surface area (Å²) in [6.07, 6.45) is 0.826. The second-order valence-electron chi connectivity index (χ2n) is 7.48. The molecule has 1 N–H and O–H groups in total. The van der Waals surface area contributed by atoms with Crippen molar-refractivity contribution in [2.45, 2.75) is 30.7 Å². The lowest BCUT2D eigenvalue weighted by atomic mass is 10.0. The summed E-state index contributed by atoms with van der Waals surface area (Å²) in [7, 11) is 0. The molecular weight excluding hydrogens is 380 g/mol. The van der Waals surface area contributed by atoms with Gasteiger partial charge in [0, 0.05) is 18.5 Å². The van der Waals surface area contributed by atoms with Crippen molar-refractivity contribution >= 4 is 23.4 Å². The predicted molar refractivity (Wildman–Crippen MR) is 102 cm³/mol. The number of nitrogens with zero attached hydrogens (tertiary/aromatic N) is 2. The van der Waals surface area contributed by atoms with Gasteiger partial charge in [-0.3, -0.25) is 9.59 Å². The van der Waals surface area contributed by atoms with E-state index in [0.29, 0.717) is 25.1 Å². The molecule has 3 aliphatic heterocycles. The number of hydrogen-bond donors (Lipinski definition) is 1. The van der Waals surface area contributed by atoms with Gasteiger partial charge in [-0.15, -0.1) is 0 Å². The number of halogens is 1. The number of carbonyl (C=O) groups is 2. The van der Waals surface area contributed by atoms with Crippen molar-refractivity contribution in [3.05, 3.63) is 64.7 Å². The van der Waals surface area contributed by atoms with Crippen molar-refractivity contribution < 1.29 is 19.4 Å². The highest BCUT2D eigenvalue weighted by atomic mass is 35.5. The van der Waals surface area contributed by atoms with E-state index in [0.717, 1.165) is 5.56 Å². The molecule has 0 unspecified atom stereocenters. The van der Waals surface area contributed by atoms with E-state index in [2.05, 4.69) is 0 Å².